The number of nitrogens with one attached hydrogen (secondary N) is 1. The zero-order valence-corrected chi connectivity index (χ0v) is 13.3. The molecule has 0 bridgehead atoms. The summed E-state index contributed by atoms with van der Waals surface area (Å²) in [4.78, 5) is 1.43. The maximum atomic E-state index is 3.53. The lowest BCUT2D eigenvalue weighted by atomic mass is 10.1. The minimum atomic E-state index is 0.183. The van der Waals surface area contributed by atoms with Crippen LogP contribution in [0, 0.1) is 6.92 Å². The third-order valence-electron chi connectivity index (χ3n) is 2.82. The van der Waals surface area contributed by atoms with Gasteiger partial charge < -0.3 is 5.32 Å². The Kier molecular flexibility index (Phi) is 6.24. The minimum Gasteiger partial charge on any atom is -0.308 e. The van der Waals surface area contributed by atoms with E-state index in [0.717, 1.165) is 6.54 Å². The number of rotatable bonds is 6. The van der Waals surface area contributed by atoms with Crippen molar-refractivity contribution >= 4 is 11.8 Å². The lowest BCUT2D eigenvalue weighted by Gasteiger charge is -2.21. The van der Waals surface area contributed by atoms with Crippen molar-refractivity contribution in [2.24, 2.45) is 0 Å². The molecule has 0 saturated carbocycles. The molecule has 0 aromatic heterocycles. The molecule has 1 aromatic carbocycles. The molecule has 2 heteroatoms. The van der Waals surface area contributed by atoms with Gasteiger partial charge in [-0.3, -0.25) is 0 Å². The lowest BCUT2D eigenvalue weighted by molar-refractivity contribution is 0.424. The molecule has 0 atom stereocenters. The third-order valence-corrected chi connectivity index (χ3v) is 4.08. The van der Waals surface area contributed by atoms with Crippen LogP contribution in [0.5, 0.6) is 0 Å². The monoisotopic (exact) mass is 265 g/mol. The van der Waals surface area contributed by atoms with Crippen LogP contribution < -0.4 is 5.32 Å². The molecule has 0 unspecified atom stereocenters. The molecule has 0 aliphatic carbocycles. The first-order valence-electron chi connectivity index (χ1n) is 6.90. The fraction of sp³-hybridized carbons (Fsp3) is 0.625. The summed E-state index contributed by atoms with van der Waals surface area (Å²) < 4.78 is 0. The van der Waals surface area contributed by atoms with Gasteiger partial charge in [0, 0.05) is 17.0 Å². The Balaban J connectivity index is 2.56. The van der Waals surface area contributed by atoms with E-state index in [2.05, 4.69) is 58.1 Å². The molecule has 0 aliphatic rings. The highest BCUT2D eigenvalue weighted by atomic mass is 32.2. The molecular formula is C16H27NS. The maximum Gasteiger partial charge on any atom is 0.0210 e. The molecule has 1 rings (SSSR count). The highest BCUT2D eigenvalue weighted by Crippen LogP contribution is 2.24. The number of benzene rings is 1. The van der Waals surface area contributed by atoms with Crippen molar-refractivity contribution < 1.29 is 0 Å². The first kappa shape index (κ1) is 15.6. The Labute approximate surface area is 117 Å². The number of hydrogen-bond acceptors (Lipinski definition) is 2. The van der Waals surface area contributed by atoms with Crippen LogP contribution in [0.3, 0.4) is 0 Å². The van der Waals surface area contributed by atoms with E-state index in [1.807, 2.05) is 11.8 Å². The van der Waals surface area contributed by atoms with Crippen molar-refractivity contribution in [2.75, 3.05) is 5.75 Å². The average Bonchev–Trinajstić information content (AvgIpc) is 2.28. The van der Waals surface area contributed by atoms with E-state index in [4.69, 9.17) is 0 Å². The third kappa shape index (κ3) is 5.92. The smallest absolute Gasteiger partial charge is 0.0210 e. The van der Waals surface area contributed by atoms with Crippen LogP contribution in [-0.4, -0.2) is 11.3 Å². The van der Waals surface area contributed by atoms with Crippen LogP contribution in [0.25, 0.3) is 0 Å². The Bertz CT molecular complexity index is 366. The predicted octanol–water partition coefficient (Wildman–Crippen LogP) is 4.78. The quantitative estimate of drug-likeness (QED) is 0.587. The summed E-state index contributed by atoms with van der Waals surface area (Å²) in [6.45, 7) is 12.0. The van der Waals surface area contributed by atoms with Gasteiger partial charge >= 0.3 is 0 Å². The maximum absolute atomic E-state index is 3.53. The standard InChI is InChI=1S/C16H27NS/c1-6-7-10-18-15-9-8-14(11-13(15)2)12-17-16(3,4)5/h8-9,11,17H,6-7,10,12H2,1-5H3. The largest absolute Gasteiger partial charge is 0.308 e. The van der Waals surface area contributed by atoms with E-state index in [9.17, 15) is 0 Å². The van der Waals surface area contributed by atoms with Crippen LogP contribution in [0.15, 0.2) is 23.1 Å². The zero-order chi connectivity index (χ0) is 13.6. The number of thioether (sulfide) groups is 1. The molecule has 1 nitrogen and oxygen atoms in total. The van der Waals surface area contributed by atoms with Crippen molar-refractivity contribution in [3.63, 3.8) is 0 Å². The SMILES string of the molecule is CCCCSc1ccc(CNC(C)(C)C)cc1C. The van der Waals surface area contributed by atoms with E-state index < -0.39 is 0 Å². The number of aryl methyl sites for hydroxylation is 1. The number of unbranched alkanes of at least 4 members (excludes halogenated alkanes) is 1. The molecule has 0 aliphatic heterocycles. The van der Waals surface area contributed by atoms with E-state index in [1.54, 1.807) is 0 Å². The highest BCUT2D eigenvalue weighted by Gasteiger charge is 2.08. The average molecular weight is 265 g/mol. The van der Waals surface area contributed by atoms with Crippen molar-refractivity contribution in [3.05, 3.63) is 29.3 Å². The van der Waals surface area contributed by atoms with Gasteiger partial charge in [-0.25, -0.2) is 0 Å². The van der Waals surface area contributed by atoms with Gasteiger partial charge in [0.2, 0.25) is 0 Å². The summed E-state index contributed by atoms with van der Waals surface area (Å²) in [6.07, 6.45) is 2.58. The molecule has 1 aromatic rings. The molecule has 1 N–H and O–H groups in total. The molecule has 0 heterocycles. The Morgan fingerprint density at radius 2 is 1.94 bits per heavy atom. The van der Waals surface area contributed by atoms with Gasteiger partial charge in [0.25, 0.3) is 0 Å². The van der Waals surface area contributed by atoms with Gasteiger partial charge in [0.15, 0.2) is 0 Å². The van der Waals surface area contributed by atoms with Gasteiger partial charge in [0.1, 0.15) is 0 Å². The molecule has 102 valence electrons. The molecule has 0 spiro atoms. The van der Waals surface area contributed by atoms with E-state index in [-0.39, 0.29) is 5.54 Å². The fourth-order valence-electron chi connectivity index (χ4n) is 1.68. The topological polar surface area (TPSA) is 12.0 Å². The first-order chi connectivity index (χ1) is 8.42. The summed E-state index contributed by atoms with van der Waals surface area (Å²) in [5.74, 6) is 1.23. The van der Waals surface area contributed by atoms with Crippen molar-refractivity contribution in [3.8, 4) is 0 Å². The van der Waals surface area contributed by atoms with E-state index in [1.165, 1.54) is 34.6 Å². The normalized spacial score (nSPS) is 11.8. The van der Waals surface area contributed by atoms with Crippen LogP contribution in [-0.2, 0) is 6.54 Å². The van der Waals surface area contributed by atoms with Crippen LogP contribution >= 0.6 is 11.8 Å². The Morgan fingerprint density at radius 1 is 1.22 bits per heavy atom. The summed E-state index contributed by atoms with van der Waals surface area (Å²) in [5.41, 5.74) is 2.97. The second-order valence-corrected chi connectivity index (χ2v) is 7.04. The molecule has 0 amide bonds. The van der Waals surface area contributed by atoms with Crippen molar-refractivity contribution in [1.82, 2.24) is 5.32 Å². The second-order valence-electron chi connectivity index (χ2n) is 5.91. The van der Waals surface area contributed by atoms with E-state index >= 15 is 0 Å². The molecule has 0 fully saturated rings. The summed E-state index contributed by atoms with van der Waals surface area (Å²) >= 11 is 1.98. The highest BCUT2D eigenvalue weighted by molar-refractivity contribution is 7.99. The summed E-state index contributed by atoms with van der Waals surface area (Å²) in [5, 5.41) is 3.53. The molecule has 0 saturated heterocycles. The van der Waals surface area contributed by atoms with Gasteiger partial charge in [-0.05, 0) is 57.1 Å². The minimum absolute atomic E-state index is 0.183. The molecular weight excluding hydrogens is 238 g/mol. The number of hydrogen-bond donors (Lipinski definition) is 1. The molecule has 0 radical (unpaired) electrons. The predicted molar refractivity (Wildman–Crippen MR) is 83.4 cm³/mol. The summed E-state index contributed by atoms with van der Waals surface area (Å²) in [6, 6.07) is 6.84. The van der Waals surface area contributed by atoms with Crippen molar-refractivity contribution in [1.29, 1.82) is 0 Å². The first-order valence-corrected chi connectivity index (χ1v) is 7.88. The summed E-state index contributed by atoms with van der Waals surface area (Å²) in [7, 11) is 0. The van der Waals surface area contributed by atoms with Gasteiger partial charge in [-0.15, -0.1) is 11.8 Å². The van der Waals surface area contributed by atoms with Crippen LogP contribution in [0.4, 0.5) is 0 Å². The fourth-order valence-corrected chi connectivity index (χ4v) is 2.78. The zero-order valence-electron chi connectivity index (χ0n) is 12.5. The van der Waals surface area contributed by atoms with Gasteiger partial charge in [0.05, 0.1) is 0 Å². The lowest BCUT2D eigenvalue weighted by Crippen LogP contribution is -2.35. The van der Waals surface area contributed by atoms with Gasteiger partial charge in [-0.1, -0.05) is 25.5 Å². The van der Waals surface area contributed by atoms with Crippen LogP contribution in [0.2, 0.25) is 0 Å². The van der Waals surface area contributed by atoms with Crippen LogP contribution in [0.1, 0.15) is 51.7 Å². The Morgan fingerprint density at radius 3 is 2.50 bits per heavy atom. The Hall–Kier alpha value is -0.470. The second kappa shape index (κ2) is 7.20. The van der Waals surface area contributed by atoms with E-state index in [0.29, 0.717) is 0 Å². The van der Waals surface area contributed by atoms with Gasteiger partial charge in [-0.2, -0.15) is 0 Å². The molecule has 18 heavy (non-hydrogen) atoms. The van der Waals surface area contributed by atoms with Crippen molar-refractivity contribution in [2.45, 2.75) is 64.4 Å².